The van der Waals surface area contributed by atoms with Crippen LogP contribution in [0.1, 0.15) is 44.7 Å². The summed E-state index contributed by atoms with van der Waals surface area (Å²) in [6, 6.07) is 7.31. The minimum atomic E-state index is -1.34. The van der Waals surface area contributed by atoms with Crippen LogP contribution in [0.5, 0.6) is 0 Å². The number of rotatable bonds is 3. The number of hydrogen-bond donors (Lipinski definition) is 0. The zero-order chi connectivity index (χ0) is 13.7. The van der Waals surface area contributed by atoms with Gasteiger partial charge in [-0.25, -0.2) is 4.39 Å². The molecular formula is C15H18ClFO. The Labute approximate surface area is 112 Å². The molecule has 1 saturated carbocycles. The van der Waals surface area contributed by atoms with E-state index in [1.165, 1.54) is 13.8 Å². The quantitative estimate of drug-likeness (QED) is 0.751. The maximum Gasteiger partial charge on any atom is 0.135 e. The molecule has 98 valence electrons. The first-order valence-corrected chi connectivity index (χ1v) is 6.52. The fourth-order valence-corrected chi connectivity index (χ4v) is 3.19. The Morgan fingerprint density at radius 1 is 1.33 bits per heavy atom. The van der Waals surface area contributed by atoms with Crippen molar-refractivity contribution in [2.24, 2.45) is 5.92 Å². The van der Waals surface area contributed by atoms with E-state index in [9.17, 15) is 9.18 Å². The summed E-state index contributed by atoms with van der Waals surface area (Å²) in [6.45, 7) is 6.52. The van der Waals surface area contributed by atoms with E-state index < -0.39 is 10.5 Å². The Morgan fingerprint density at radius 3 is 2.17 bits per heavy atom. The van der Waals surface area contributed by atoms with Gasteiger partial charge in [0.15, 0.2) is 0 Å². The monoisotopic (exact) mass is 268 g/mol. The van der Waals surface area contributed by atoms with Crippen molar-refractivity contribution < 1.29 is 9.18 Å². The van der Waals surface area contributed by atoms with E-state index in [0.29, 0.717) is 5.56 Å². The van der Waals surface area contributed by atoms with Crippen LogP contribution < -0.4 is 0 Å². The Hall–Kier alpha value is -0.890. The number of benzene rings is 1. The Kier molecular flexibility index (Phi) is 3.05. The van der Waals surface area contributed by atoms with Gasteiger partial charge in [0.2, 0.25) is 0 Å². The van der Waals surface area contributed by atoms with E-state index in [4.69, 9.17) is 11.6 Å². The molecule has 18 heavy (non-hydrogen) atoms. The van der Waals surface area contributed by atoms with Crippen molar-refractivity contribution in [2.45, 2.75) is 44.2 Å². The SMILES string of the molecule is CC(=O)C1C(c2ccc(C(C)(C)F)cc2)C1(C)Cl. The molecule has 0 N–H and O–H groups in total. The average molecular weight is 269 g/mol. The van der Waals surface area contributed by atoms with Crippen molar-refractivity contribution in [3.63, 3.8) is 0 Å². The van der Waals surface area contributed by atoms with Gasteiger partial charge in [0.05, 0.1) is 4.87 Å². The standard InChI is InChI=1S/C15H18ClFO/c1-9(18)12-13(15(12,4)16)10-5-7-11(8-6-10)14(2,3)17/h5-8,12-13H,1-4H3. The van der Waals surface area contributed by atoms with Crippen molar-refractivity contribution in [1.29, 1.82) is 0 Å². The summed E-state index contributed by atoms with van der Waals surface area (Å²) >= 11 is 6.34. The second kappa shape index (κ2) is 4.06. The normalized spacial score (nSPS) is 31.2. The molecule has 1 aromatic rings. The highest BCUT2D eigenvalue weighted by Gasteiger charge is 2.63. The molecule has 0 amide bonds. The molecule has 1 aliphatic rings. The summed E-state index contributed by atoms with van der Waals surface area (Å²) in [5.41, 5.74) is 0.315. The molecule has 3 unspecified atom stereocenters. The van der Waals surface area contributed by atoms with Crippen molar-refractivity contribution in [3.8, 4) is 0 Å². The number of ketones is 1. The lowest BCUT2D eigenvalue weighted by Gasteiger charge is -2.15. The largest absolute Gasteiger partial charge is 0.300 e. The molecular weight excluding hydrogens is 251 g/mol. The maximum atomic E-state index is 13.7. The van der Waals surface area contributed by atoms with Crippen molar-refractivity contribution >= 4 is 17.4 Å². The molecule has 0 aliphatic heterocycles. The van der Waals surface area contributed by atoms with E-state index >= 15 is 0 Å². The lowest BCUT2D eigenvalue weighted by atomic mass is 9.97. The molecule has 0 aromatic heterocycles. The highest BCUT2D eigenvalue weighted by Crippen LogP contribution is 2.62. The molecule has 0 spiro atoms. The maximum absolute atomic E-state index is 13.7. The highest BCUT2D eigenvalue weighted by atomic mass is 35.5. The number of alkyl halides is 2. The molecule has 0 bridgehead atoms. The van der Waals surface area contributed by atoms with Crippen LogP contribution in [0.3, 0.4) is 0 Å². The van der Waals surface area contributed by atoms with E-state index in [1.54, 1.807) is 19.1 Å². The van der Waals surface area contributed by atoms with Crippen LogP contribution >= 0.6 is 11.6 Å². The molecule has 1 aliphatic carbocycles. The molecule has 3 heteroatoms. The Bertz CT molecular complexity index is 470. The van der Waals surface area contributed by atoms with Gasteiger partial charge in [0, 0.05) is 11.8 Å². The van der Waals surface area contributed by atoms with E-state index in [0.717, 1.165) is 5.56 Å². The number of carbonyl (C=O) groups is 1. The lowest BCUT2D eigenvalue weighted by molar-refractivity contribution is -0.118. The van der Waals surface area contributed by atoms with Crippen molar-refractivity contribution in [1.82, 2.24) is 0 Å². The number of Topliss-reactive ketones (excluding diaryl/α,β-unsaturated/α-hetero) is 1. The molecule has 1 aromatic carbocycles. The van der Waals surface area contributed by atoms with Crippen LogP contribution in [0, 0.1) is 5.92 Å². The van der Waals surface area contributed by atoms with Gasteiger partial charge in [-0.1, -0.05) is 24.3 Å². The fraction of sp³-hybridized carbons (Fsp3) is 0.533. The van der Waals surface area contributed by atoms with Crippen LogP contribution in [-0.2, 0) is 10.5 Å². The van der Waals surface area contributed by atoms with Crippen LogP contribution in [-0.4, -0.2) is 10.7 Å². The topological polar surface area (TPSA) is 17.1 Å². The third-order valence-corrected chi connectivity index (χ3v) is 4.30. The van der Waals surface area contributed by atoms with Crippen LogP contribution in [0.4, 0.5) is 4.39 Å². The van der Waals surface area contributed by atoms with E-state index in [2.05, 4.69) is 0 Å². The van der Waals surface area contributed by atoms with Gasteiger partial charge in [-0.3, -0.25) is 4.79 Å². The van der Waals surface area contributed by atoms with Crippen LogP contribution in [0.25, 0.3) is 0 Å². The van der Waals surface area contributed by atoms with Gasteiger partial charge in [0.25, 0.3) is 0 Å². The molecule has 2 rings (SSSR count). The second-order valence-electron chi connectivity index (χ2n) is 5.81. The predicted molar refractivity (Wildman–Crippen MR) is 71.7 cm³/mol. The lowest BCUT2D eigenvalue weighted by Crippen LogP contribution is -2.08. The van der Waals surface area contributed by atoms with Crippen molar-refractivity contribution in [3.05, 3.63) is 35.4 Å². The van der Waals surface area contributed by atoms with Gasteiger partial charge in [-0.05, 0) is 38.8 Å². The molecule has 0 saturated heterocycles. The Balaban J connectivity index is 2.25. The molecule has 0 heterocycles. The van der Waals surface area contributed by atoms with Gasteiger partial charge in [-0.15, -0.1) is 11.6 Å². The van der Waals surface area contributed by atoms with Gasteiger partial charge >= 0.3 is 0 Å². The zero-order valence-corrected chi connectivity index (χ0v) is 11.9. The van der Waals surface area contributed by atoms with Gasteiger partial charge in [-0.2, -0.15) is 0 Å². The highest BCUT2D eigenvalue weighted by molar-refractivity contribution is 6.29. The Morgan fingerprint density at radius 2 is 1.83 bits per heavy atom. The summed E-state index contributed by atoms with van der Waals surface area (Å²) in [5.74, 6) is 0.0456. The number of carbonyl (C=O) groups excluding carboxylic acids is 1. The summed E-state index contributed by atoms with van der Waals surface area (Å²) in [4.78, 5) is 11.0. The average Bonchev–Trinajstić information content (AvgIpc) is 2.80. The molecule has 1 nitrogen and oxygen atoms in total. The van der Waals surface area contributed by atoms with Crippen LogP contribution in [0.15, 0.2) is 24.3 Å². The van der Waals surface area contributed by atoms with E-state index in [1.807, 2.05) is 19.1 Å². The van der Waals surface area contributed by atoms with E-state index in [-0.39, 0.29) is 17.6 Å². The van der Waals surface area contributed by atoms with Crippen LogP contribution in [0.2, 0.25) is 0 Å². The minimum absolute atomic E-state index is 0.0495. The van der Waals surface area contributed by atoms with Gasteiger partial charge in [0.1, 0.15) is 11.5 Å². The smallest absolute Gasteiger partial charge is 0.135 e. The predicted octanol–water partition coefficient (Wildman–Crippen LogP) is 4.19. The molecule has 3 atom stereocenters. The third kappa shape index (κ3) is 2.18. The first-order chi connectivity index (χ1) is 8.15. The van der Waals surface area contributed by atoms with Gasteiger partial charge < -0.3 is 0 Å². The second-order valence-corrected chi connectivity index (χ2v) is 6.63. The molecule has 0 radical (unpaired) electrons. The summed E-state index contributed by atoms with van der Waals surface area (Å²) < 4.78 is 13.7. The molecule has 1 fully saturated rings. The number of hydrogen-bond acceptors (Lipinski definition) is 1. The summed E-state index contributed by atoms with van der Waals surface area (Å²) in [6.07, 6.45) is 0. The zero-order valence-electron chi connectivity index (χ0n) is 11.1. The minimum Gasteiger partial charge on any atom is -0.300 e. The number of halogens is 2. The van der Waals surface area contributed by atoms with Crippen molar-refractivity contribution in [2.75, 3.05) is 0 Å². The summed E-state index contributed by atoms with van der Waals surface area (Å²) in [7, 11) is 0. The summed E-state index contributed by atoms with van der Waals surface area (Å²) in [5, 5.41) is 0. The first-order valence-electron chi connectivity index (χ1n) is 6.14. The fourth-order valence-electron chi connectivity index (χ4n) is 2.72. The first kappa shape index (κ1) is 13.5. The third-order valence-electron chi connectivity index (χ3n) is 3.83.